The van der Waals surface area contributed by atoms with Gasteiger partial charge >= 0.3 is 0 Å². The predicted molar refractivity (Wildman–Crippen MR) is 72.9 cm³/mol. The van der Waals surface area contributed by atoms with Crippen molar-refractivity contribution >= 4 is 12.2 Å². The Kier molecular flexibility index (Phi) is 3.20. The first kappa shape index (κ1) is 11.8. The Balaban J connectivity index is 1.89. The van der Waals surface area contributed by atoms with Gasteiger partial charge in [-0.3, -0.25) is 14.6 Å². The number of nitrogens with zero attached hydrogens (tertiary/aromatic N) is 5. The van der Waals surface area contributed by atoms with Crippen molar-refractivity contribution in [3.05, 3.63) is 47.9 Å². The van der Waals surface area contributed by atoms with E-state index in [-0.39, 0.29) is 0 Å². The summed E-state index contributed by atoms with van der Waals surface area (Å²) in [5.41, 5.74) is 0.806. The van der Waals surface area contributed by atoms with Crippen LogP contribution in [0.5, 0.6) is 0 Å². The minimum atomic E-state index is 0.598. The molecule has 0 atom stereocenters. The van der Waals surface area contributed by atoms with Gasteiger partial charge in [0.2, 0.25) is 0 Å². The third-order valence-corrected chi connectivity index (χ3v) is 3.10. The molecule has 1 N–H and O–H groups in total. The van der Waals surface area contributed by atoms with Gasteiger partial charge in [-0.25, -0.2) is 4.98 Å². The van der Waals surface area contributed by atoms with Crippen LogP contribution in [0.1, 0.15) is 0 Å². The molecule has 0 aromatic carbocycles. The maximum atomic E-state index is 5.26. The van der Waals surface area contributed by atoms with Crippen molar-refractivity contribution in [1.29, 1.82) is 0 Å². The van der Waals surface area contributed by atoms with Crippen molar-refractivity contribution in [3.63, 3.8) is 0 Å². The van der Waals surface area contributed by atoms with Gasteiger partial charge in [0.1, 0.15) is 5.69 Å². The van der Waals surface area contributed by atoms with Crippen LogP contribution < -0.4 is 0 Å². The van der Waals surface area contributed by atoms with Crippen LogP contribution in [0, 0.1) is 4.77 Å². The minimum Gasteiger partial charge on any atom is -0.336 e. The van der Waals surface area contributed by atoms with E-state index in [0.717, 1.165) is 24.6 Å². The van der Waals surface area contributed by atoms with Crippen LogP contribution in [-0.4, -0.2) is 29.3 Å². The summed E-state index contributed by atoms with van der Waals surface area (Å²) in [5.74, 6) is 0.755. The average Bonchev–Trinajstić information content (AvgIpc) is 3.07. The van der Waals surface area contributed by atoms with Crippen molar-refractivity contribution in [2.24, 2.45) is 0 Å². The molecule has 3 aromatic heterocycles. The zero-order valence-electron chi connectivity index (χ0n) is 10.1. The highest BCUT2D eigenvalue weighted by Gasteiger charge is 2.09. The van der Waals surface area contributed by atoms with Gasteiger partial charge in [0.25, 0.3) is 0 Å². The Hall–Kier alpha value is -2.28. The lowest BCUT2D eigenvalue weighted by Crippen LogP contribution is -2.08. The molecule has 19 heavy (non-hydrogen) atoms. The van der Waals surface area contributed by atoms with E-state index < -0.39 is 0 Å². The van der Waals surface area contributed by atoms with Crippen molar-refractivity contribution in [2.45, 2.75) is 13.1 Å². The number of rotatable bonds is 4. The average molecular weight is 272 g/mol. The molecule has 0 radical (unpaired) electrons. The summed E-state index contributed by atoms with van der Waals surface area (Å²) < 4.78 is 4.54. The number of imidazole rings is 1. The number of hydrogen-bond acceptors (Lipinski definition) is 4. The topological polar surface area (TPSA) is 64.3 Å². The molecule has 7 heteroatoms. The molecular weight excluding hydrogens is 260 g/mol. The number of nitrogens with one attached hydrogen (secondary N) is 1. The van der Waals surface area contributed by atoms with Gasteiger partial charge in [-0.15, -0.1) is 0 Å². The van der Waals surface area contributed by atoms with E-state index in [1.165, 1.54) is 0 Å². The van der Waals surface area contributed by atoms with Gasteiger partial charge < -0.3 is 4.57 Å². The third-order valence-electron chi connectivity index (χ3n) is 2.79. The second-order valence-electron chi connectivity index (χ2n) is 4.02. The van der Waals surface area contributed by atoms with E-state index in [1.54, 1.807) is 18.7 Å². The summed E-state index contributed by atoms with van der Waals surface area (Å²) in [7, 11) is 0. The zero-order valence-corrected chi connectivity index (χ0v) is 10.9. The molecular formula is C12H12N6S. The fraction of sp³-hybridized carbons (Fsp3) is 0.167. The molecule has 0 amide bonds. The van der Waals surface area contributed by atoms with Gasteiger partial charge in [-0.1, -0.05) is 6.07 Å². The molecule has 96 valence electrons. The molecule has 0 aliphatic heterocycles. The number of aromatic nitrogens is 6. The van der Waals surface area contributed by atoms with Gasteiger partial charge in [-0.05, 0) is 24.4 Å². The Morgan fingerprint density at radius 1 is 1.21 bits per heavy atom. The monoisotopic (exact) mass is 272 g/mol. The third kappa shape index (κ3) is 2.45. The van der Waals surface area contributed by atoms with E-state index in [9.17, 15) is 0 Å². The molecule has 0 aliphatic rings. The highest BCUT2D eigenvalue weighted by atomic mass is 32.1. The minimum absolute atomic E-state index is 0.598. The quantitative estimate of drug-likeness (QED) is 0.737. The SMILES string of the molecule is S=c1[nH]nc(-c2ccccn2)n1CCn1ccnc1. The summed E-state index contributed by atoms with van der Waals surface area (Å²) in [4.78, 5) is 8.32. The summed E-state index contributed by atoms with van der Waals surface area (Å²) in [6.45, 7) is 1.51. The van der Waals surface area contributed by atoms with E-state index in [1.807, 2.05) is 33.5 Å². The predicted octanol–water partition coefficient (Wildman–Crippen LogP) is 1.90. The standard InChI is InChI=1S/C12H12N6S/c19-12-16-15-11(10-3-1-2-4-14-10)18(12)8-7-17-6-5-13-9-17/h1-6,9H,7-8H2,(H,16,19). The molecule has 3 heterocycles. The summed E-state index contributed by atoms with van der Waals surface area (Å²) in [5, 5.41) is 7.06. The Morgan fingerprint density at radius 2 is 2.16 bits per heavy atom. The molecule has 3 rings (SSSR count). The van der Waals surface area contributed by atoms with Crippen LogP contribution in [0.4, 0.5) is 0 Å². The van der Waals surface area contributed by atoms with Crippen LogP contribution in [0.25, 0.3) is 11.5 Å². The molecule has 0 saturated carbocycles. The Morgan fingerprint density at radius 3 is 2.89 bits per heavy atom. The summed E-state index contributed by atoms with van der Waals surface area (Å²) >= 11 is 5.26. The van der Waals surface area contributed by atoms with Gasteiger partial charge in [0.15, 0.2) is 10.6 Å². The highest BCUT2D eigenvalue weighted by Crippen LogP contribution is 2.13. The molecule has 0 bridgehead atoms. The number of aryl methyl sites for hydroxylation is 1. The number of pyridine rings is 1. The summed E-state index contributed by atoms with van der Waals surface area (Å²) in [6.07, 6.45) is 7.20. The van der Waals surface area contributed by atoms with Gasteiger partial charge in [0.05, 0.1) is 6.33 Å². The first-order valence-corrected chi connectivity index (χ1v) is 6.28. The molecule has 6 nitrogen and oxygen atoms in total. The van der Waals surface area contributed by atoms with Crippen molar-refractivity contribution < 1.29 is 0 Å². The van der Waals surface area contributed by atoms with Crippen LogP contribution >= 0.6 is 12.2 Å². The van der Waals surface area contributed by atoms with Crippen LogP contribution in [0.15, 0.2) is 43.1 Å². The lowest BCUT2D eigenvalue weighted by molar-refractivity contribution is 0.576. The number of aromatic amines is 1. The van der Waals surface area contributed by atoms with E-state index in [2.05, 4.69) is 20.2 Å². The fourth-order valence-corrected chi connectivity index (χ4v) is 2.07. The van der Waals surface area contributed by atoms with E-state index in [4.69, 9.17) is 12.2 Å². The van der Waals surface area contributed by atoms with Crippen molar-refractivity contribution in [1.82, 2.24) is 29.3 Å². The lowest BCUT2D eigenvalue weighted by Gasteiger charge is -2.06. The maximum Gasteiger partial charge on any atom is 0.195 e. The van der Waals surface area contributed by atoms with Crippen LogP contribution in [0.3, 0.4) is 0 Å². The summed E-state index contributed by atoms with van der Waals surface area (Å²) in [6, 6.07) is 5.72. The molecule has 0 unspecified atom stereocenters. The second kappa shape index (κ2) is 5.15. The Bertz CT molecular complexity index is 697. The second-order valence-corrected chi connectivity index (χ2v) is 4.41. The first-order chi connectivity index (χ1) is 9.34. The molecule has 0 aliphatic carbocycles. The van der Waals surface area contributed by atoms with Gasteiger partial charge in [-0.2, -0.15) is 5.10 Å². The van der Waals surface area contributed by atoms with Crippen LogP contribution in [-0.2, 0) is 13.1 Å². The number of H-pyrrole nitrogens is 1. The van der Waals surface area contributed by atoms with E-state index >= 15 is 0 Å². The van der Waals surface area contributed by atoms with Crippen LogP contribution in [0.2, 0.25) is 0 Å². The lowest BCUT2D eigenvalue weighted by atomic mass is 10.3. The molecule has 0 spiro atoms. The molecule has 3 aromatic rings. The maximum absolute atomic E-state index is 5.26. The first-order valence-electron chi connectivity index (χ1n) is 5.87. The highest BCUT2D eigenvalue weighted by molar-refractivity contribution is 7.71. The fourth-order valence-electron chi connectivity index (χ4n) is 1.85. The normalized spacial score (nSPS) is 10.7. The molecule has 0 saturated heterocycles. The Labute approximate surface area is 114 Å². The largest absolute Gasteiger partial charge is 0.336 e. The molecule has 0 fully saturated rings. The van der Waals surface area contributed by atoms with Crippen molar-refractivity contribution in [3.8, 4) is 11.5 Å². The zero-order chi connectivity index (χ0) is 13.1. The van der Waals surface area contributed by atoms with Crippen molar-refractivity contribution in [2.75, 3.05) is 0 Å². The van der Waals surface area contributed by atoms with E-state index in [0.29, 0.717) is 4.77 Å². The number of hydrogen-bond donors (Lipinski definition) is 1. The van der Waals surface area contributed by atoms with Gasteiger partial charge in [0, 0.05) is 31.7 Å². The smallest absolute Gasteiger partial charge is 0.195 e.